The van der Waals surface area contributed by atoms with Gasteiger partial charge in [0.05, 0.1) is 24.9 Å². The highest BCUT2D eigenvalue weighted by Gasteiger charge is 2.14. The first kappa shape index (κ1) is 21.6. The average Bonchev–Trinajstić information content (AvgIpc) is 3.37. The average molecular weight is 428 g/mol. The van der Waals surface area contributed by atoms with E-state index in [1.807, 2.05) is 12.1 Å². The third-order valence-corrected chi connectivity index (χ3v) is 5.08. The van der Waals surface area contributed by atoms with Crippen molar-refractivity contribution in [1.29, 1.82) is 0 Å². The maximum absolute atomic E-state index is 12.1. The lowest BCUT2D eigenvalue weighted by Gasteiger charge is -2.19. The van der Waals surface area contributed by atoms with E-state index in [0.717, 1.165) is 5.75 Å². The van der Waals surface area contributed by atoms with Crippen LogP contribution in [0.4, 0.5) is 5.13 Å². The van der Waals surface area contributed by atoms with E-state index in [2.05, 4.69) is 48.5 Å². The van der Waals surface area contributed by atoms with Crippen molar-refractivity contribution in [3.63, 3.8) is 0 Å². The van der Waals surface area contributed by atoms with Crippen molar-refractivity contribution in [2.75, 3.05) is 18.5 Å². The van der Waals surface area contributed by atoms with Gasteiger partial charge in [0.1, 0.15) is 12.4 Å². The summed E-state index contributed by atoms with van der Waals surface area (Å²) in [5, 5.41) is 7.61. The van der Waals surface area contributed by atoms with E-state index < -0.39 is 0 Å². The Labute approximate surface area is 179 Å². The molecule has 0 aliphatic carbocycles. The van der Waals surface area contributed by atoms with Gasteiger partial charge in [0.15, 0.2) is 10.9 Å². The van der Waals surface area contributed by atoms with Crippen molar-refractivity contribution < 1.29 is 18.7 Å². The first-order chi connectivity index (χ1) is 14.3. The largest absolute Gasteiger partial charge is 0.492 e. The monoisotopic (exact) mass is 427 g/mol. The van der Waals surface area contributed by atoms with Gasteiger partial charge in [-0.15, -0.1) is 11.3 Å². The topological polar surface area (TPSA) is 93.5 Å². The summed E-state index contributed by atoms with van der Waals surface area (Å²) in [6, 6.07) is 11.2. The number of hydrogen-bond donors (Lipinski definition) is 2. The number of rotatable bonds is 8. The van der Waals surface area contributed by atoms with Gasteiger partial charge in [0, 0.05) is 5.38 Å². The van der Waals surface area contributed by atoms with Crippen molar-refractivity contribution in [2.45, 2.75) is 32.6 Å². The van der Waals surface area contributed by atoms with Crippen molar-refractivity contribution in [3.05, 3.63) is 65.1 Å². The van der Waals surface area contributed by atoms with Crippen molar-refractivity contribution >= 4 is 28.3 Å². The Kier molecular flexibility index (Phi) is 6.89. The van der Waals surface area contributed by atoms with Crippen LogP contribution in [0.1, 0.15) is 42.6 Å². The van der Waals surface area contributed by atoms with Gasteiger partial charge in [0.25, 0.3) is 5.91 Å². The number of carbonyl (C=O) groups excluding carboxylic acids is 2. The molecular formula is C22H25N3O4S. The fourth-order valence-corrected chi connectivity index (χ4v) is 3.35. The number of nitrogens with one attached hydrogen (secondary N) is 2. The van der Waals surface area contributed by atoms with Gasteiger partial charge in [-0.2, -0.15) is 0 Å². The maximum Gasteiger partial charge on any atom is 0.293 e. The first-order valence-electron chi connectivity index (χ1n) is 9.60. The zero-order valence-electron chi connectivity index (χ0n) is 17.2. The molecule has 2 heterocycles. The molecule has 0 aliphatic rings. The second-order valence-electron chi connectivity index (χ2n) is 7.72. The van der Waals surface area contributed by atoms with Crippen LogP contribution in [0, 0.1) is 0 Å². The molecule has 158 valence electrons. The fourth-order valence-electron chi connectivity index (χ4n) is 2.65. The minimum atomic E-state index is -0.377. The van der Waals surface area contributed by atoms with Crippen molar-refractivity contribution in [1.82, 2.24) is 10.3 Å². The molecule has 0 aliphatic heterocycles. The van der Waals surface area contributed by atoms with Gasteiger partial charge in [-0.3, -0.25) is 14.9 Å². The smallest absolute Gasteiger partial charge is 0.293 e. The van der Waals surface area contributed by atoms with Crippen molar-refractivity contribution in [2.24, 2.45) is 0 Å². The van der Waals surface area contributed by atoms with E-state index in [9.17, 15) is 9.59 Å². The van der Waals surface area contributed by atoms with Crippen LogP contribution in [0.25, 0.3) is 0 Å². The molecule has 2 aromatic heterocycles. The summed E-state index contributed by atoms with van der Waals surface area (Å²) in [7, 11) is 0. The lowest BCUT2D eigenvalue weighted by atomic mass is 9.87. The minimum Gasteiger partial charge on any atom is -0.492 e. The number of ether oxygens (including phenoxy) is 1. The van der Waals surface area contributed by atoms with Crippen LogP contribution < -0.4 is 15.4 Å². The highest BCUT2D eigenvalue weighted by molar-refractivity contribution is 7.14. The van der Waals surface area contributed by atoms with E-state index in [4.69, 9.17) is 9.15 Å². The van der Waals surface area contributed by atoms with Gasteiger partial charge < -0.3 is 14.5 Å². The number of amides is 2. The van der Waals surface area contributed by atoms with Crippen LogP contribution in [-0.4, -0.2) is 29.9 Å². The third kappa shape index (κ3) is 6.18. The van der Waals surface area contributed by atoms with Gasteiger partial charge in [0.2, 0.25) is 5.91 Å². The Morgan fingerprint density at radius 3 is 2.60 bits per heavy atom. The number of anilines is 1. The SMILES string of the molecule is CC(C)(C)c1ccc(OCCNC(=O)Cc2csc(NC(=O)c3ccco3)n2)cc1. The van der Waals surface area contributed by atoms with Crippen molar-refractivity contribution in [3.8, 4) is 5.75 Å². The molecule has 8 heteroatoms. The zero-order valence-corrected chi connectivity index (χ0v) is 18.0. The van der Waals surface area contributed by atoms with Crippen LogP contribution in [0.3, 0.4) is 0 Å². The van der Waals surface area contributed by atoms with E-state index in [1.165, 1.54) is 23.2 Å². The Balaban J connectivity index is 1.38. The van der Waals surface area contributed by atoms with E-state index in [0.29, 0.717) is 24.0 Å². The van der Waals surface area contributed by atoms with Gasteiger partial charge >= 0.3 is 0 Å². The standard InChI is InChI=1S/C22H25N3O4S/c1-22(2,3)15-6-8-17(9-7-15)28-12-10-23-19(26)13-16-14-30-21(24-16)25-20(27)18-5-4-11-29-18/h4-9,11,14H,10,12-13H2,1-3H3,(H,23,26)(H,24,25,27). The van der Waals surface area contributed by atoms with E-state index >= 15 is 0 Å². The number of thiazole rings is 1. The summed E-state index contributed by atoms with van der Waals surface area (Å²) < 4.78 is 10.7. The third-order valence-electron chi connectivity index (χ3n) is 4.27. The fraction of sp³-hybridized carbons (Fsp3) is 0.318. The zero-order chi connectivity index (χ0) is 21.6. The molecule has 0 saturated heterocycles. The molecule has 0 radical (unpaired) electrons. The molecular weight excluding hydrogens is 402 g/mol. The maximum atomic E-state index is 12.1. The number of aromatic nitrogens is 1. The highest BCUT2D eigenvalue weighted by Crippen LogP contribution is 2.24. The Hall–Kier alpha value is -3.13. The Morgan fingerprint density at radius 1 is 1.17 bits per heavy atom. The molecule has 2 amide bonds. The summed E-state index contributed by atoms with van der Waals surface area (Å²) in [6.07, 6.45) is 1.56. The summed E-state index contributed by atoms with van der Waals surface area (Å²) >= 11 is 1.26. The Morgan fingerprint density at radius 2 is 1.93 bits per heavy atom. The van der Waals surface area contributed by atoms with E-state index in [1.54, 1.807) is 17.5 Å². The summed E-state index contributed by atoms with van der Waals surface area (Å²) in [6.45, 7) is 7.26. The predicted molar refractivity (Wildman–Crippen MR) is 116 cm³/mol. The molecule has 30 heavy (non-hydrogen) atoms. The lowest BCUT2D eigenvalue weighted by molar-refractivity contribution is -0.120. The molecule has 0 spiro atoms. The summed E-state index contributed by atoms with van der Waals surface area (Å²) in [5.41, 5.74) is 1.93. The molecule has 3 aromatic rings. The van der Waals surface area contributed by atoms with Gasteiger partial charge in [-0.1, -0.05) is 32.9 Å². The van der Waals surface area contributed by atoms with Crippen LogP contribution in [-0.2, 0) is 16.6 Å². The molecule has 0 saturated carbocycles. The Bertz CT molecular complexity index is 973. The minimum absolute atomic E-state index is 0.101. The number of nitrogens with zero attached hydrogens (tertiary/aromatic N) is 1. The van der Waals surface area contributed by atoms with Gasteiger partial charge in [-0.05, 0) is 35.2 Å². The van der Waals surface area contributed by atoms with Crippen LogP contribution in [0.2, 0.25) is 0 Å². The number of benzene rings is 1. The first-order valence-corrected chi connectivity index (χ1v) is 10.5. The van der Waals surface area contributed by atoms with Crippen LogP contribution in [0.5, 0.6) is 5.75 Å². The molecule has 0 fully saturated rings. The second-order valence-corrected chi connectivity index (χ2v) is 8.58. The molecule has 3 rings (SSSR count). The second kappa shape index (κ2) is 9.58. The molecule has 0 unspecified atom stereocenters. The molecule has 0 bridgehead atoms. The number of hydrogen-bond acceptors (Lipinski definition) is 6. The molecule has 1 aromatic carbocycles. The number of furan rings is 1. The lowest BCUT2D eigenvalue weighted by Crippen LogP contribution is -2.29. The van der Waals surface area contributed by atoms with Crippen LogP contribution in [0.15, 0.2) is 52.5 Å². The molecule has 7 nitrogen and oxygen atoms in total. The van der Waals surface area contributed by atoms with Crippen LogP contribution >= 0.6 is 11.3 Å². The van der Waals surface area contributed by atoms with E-state index in [-0.39, 0.29) is 29.4 Å². The molecule has 2 N–H and O–H groups in total. The van der Waals surface area contributed by atoms with Gasteiger partial charge in [-0.25, -0.2) is 4.98 Å². The highest BCUT2D eigenvalue weighted by atomic mass is 32.1. The predicted octanol–water partition coefficient (Wildman–Crippen LogP) is 4.02. The summed E-state index contributed by atoms with van der Waals surface area (Å²) in [5.74, 6) is 0.445. The normalized spacial score (nSPS) is 11.2. The molecule has 0 atom stereocenters. The summed E-state index contributed by atoms with van der Waals surface area (Å²) in [4.78, 5) is 28.3. The number of carbonyl (C=O) groups is 2. The quantitative estimate of drug-likeness (QED) is 0.530.